The summed E-state index contributed by atoms with van der Waals surface area (Å²) in [7, 11) is 2.15. The maximum atomic E-state index is 12.5. The van der Waals surface area contributed by atoms with E-state index in [0.717, 1.165) is 32.7 Å². The van der Waals surface area contributed by atoms with E-state index in [1.54, 1.807) is 0 Å². The highest BCUT2D eigenvalue weighted by atomic mass is 16.2. The molecule has 1 N–H and O–H groups in total. The van der Waals surface area contributed by atoms with Crippen LogP contribution in [-0.4, -0.2) is 61.0 Å². The minimum absolute atomic E-state index is 0.101. The molecule has 0 radical (unpaired) electrons. The molecule has 2 saturated heterocycles. The molecule has 116 valence electrons. The van der Waals surface area contributed by atoms with Gasteiger partial charge in [-0.05, 0) is 58.7 Å². The lowest BCUT2D eigenvalue weighted by Crippen LogP contribution is -2.59. The van der Waals surface area contributed by atoms with E-state index in [4.69, 9.17) is 0 Å². The molecule has 0 aromatic carbocycles. The Hall–Kier alpha value is -0.610. The smallest absolute Gasteiger partial charge is 0.222 e. The van der Waals surface area contributed by atoms with Crippen molar-refractivity contribution in [1.82, 2.24) is 15.1 Å². The number of carbonyl (C=O) groups excluding carboxylic acids is 1. The first-order chi connectivity index (χ1) is 9.40. The van der Waals surface area contributed by atoms with Crippen LogP contribution in [0.4, 0.5) is 0 Å². The Morgan fingerprint density at radius 1 is 1.40 bits per heavy atom. The molecular weight excluding hydrogens is 250 g/mol. The molecule has 2 fully saturated rings. The molecule has 0 saturated carbocycles. The van der Waals surface area contributed by atoms with E-state index in [1.807, 2.05) is 0 Å². The van der Waals surface area contributed by atoms with Crippen molar-refractivity contribution < 1.29 is 4.79 Å². The fourth-order valence-corrected chi connectivity index (χ4v) is 3.39. The van der Waals surface area contributed by atoms with Gasteiger partial charge in [0.1, 0.15) is 0 Å². The van der Waals surface area contributed by atoms with Crippen LogP contribution in [0.5, 0.6) is 0 Å². The Balaban J connectivity index is 1.85. The van der Waals surface area contributed by atoms with Crippen LogP contribution in [-0.2, 0) is 4.79 Å². The fourth-order valence-electron chi connectivity index (χ4n) is 3.39. The Morgan fingerprint density at radius 2 is 2.15 bits per heavy atom. The summed E-state index contributed by atoms with van der Waals surface area (Å²) in [5.41, 5.74) is 0.101. The van der Waals surface area contributed by atoms with Gasteiger partial charge in [-0.15, -0.1) is 0 Å². The third-order valence-electron chi connectivity index (χ3n) is 5.31. The average Bonchev–Trinajstić information content (AvgIpc) is 2.42. The van der Waals surface area contributed by atoms with Crippen LogP contribution in [0.1, 0.15) is 40.0 Å². The number of hydrogen-bond acceptors (Lipinski definition) is 3. The summed E-state index contributed by atoms with van der Waals surface area (Å²) in [6.07, 6.45) is 3.24. The van der Waals surface area contributed by atoms with E-state index in [0.29, 0.717) is 24.2 Å². The second-order valence-electron chi connectivity index (χ2n) is 7.34. The molecule has 0 bridgehead atoms. The quantitative estimate of drug-likeness (QED) is 0.853. The van der Waals surface area contributed by atoms with Gasteiger partial charge in [0, 0.05) is 31.6 Å². The zero-order valence-corrected chi connectivity index (χ0v) is 13.6. The number of carbonyl (C=O) groups is 1. The molecular formula is C16H31N3O. The van der Waals surface area contributed by atoms with Gasteiger partial charge in [-0.3, -0.25) is 9.69 Å². The number of nitrogens with one attached hydrogen (secondary N) is 1. The predicted molar refractivity (Wildman–Crippen MR) is 82.7 cm³/mol. The molecule has 4 nitrogen and oxygen atoms in total. The molecule has 2 unspecified atom stereocenters. The second-order valence-corrected chi connectivity index (χ2v) is 7.34. The van der Waals surface area contributed by atoms with Gasteiger partial charge >= 0.3 is 0 Å². The van der Waals surface area contributed by atoms with Crippen molar-refractivity contribution in [3.8, 4) is 0 Å². The largest absolute Gasteiger partial charge is 0.340 e. The van der Waals surface area contributed by atoms with Gasteiger partial charge < -0.3 is 10.2 Å². The Bertz CT molecular complexity index is 337. The molecule has 2 aliphatic rings. The topological polar surface area (TPSA) is 35.6 Å². The zero-order chi connectivity index (χ0) is 14.8. The van der Waals surface area contributed by atoms with Gasteiger partial charge in [-0.1, -0.05) is 6.92 Å². The third-order valence-corrected chi connectivity index (χ3v) is 5.31. The molecule has 20 heavy (non-hydrogen) atoms. The molecule has 2 heterocycles. The lowest BCUT2D eigenvalue weighted by atomic mass is 9.85. The van der Waals surface area contributed by atoms with Crippen molar-refractivity contribution in [2.75, 3.05) is 39.8 Å². The van der Waals surface area contributed by atoms with Crippen molar-refractivity contribution in [1.29, 1.82) is 0 Å². The molecule has 1 amide bonds. The third kappa shape index (κ3) is 3.73. The van der Waals surface area contributed by atoms with Gasteiger partial charge in [0.25, 0.3) is 0 Å². The van der Waals surface area contributed by atoms with Crippen LogP contribution < -0.4 is 5.32 Å². The van der Waals surface area contributed by atoms with E-state index in [9.17, 15) is 4.79 Å². The summed E-state index contributed by atoms with van der Waals surface area (Å²) in [6, 6.07) is 0. The van der Waals surface area contributed by atoms with Crippen molar-refractivity contribution in [3.63, 3.8) is 0 Å². The number of amides is 1. The number of piperidine rings is 1. The number of rotatable bonds is 3. The van der Waals surface area contributed by atoms with E-state index in [1.165, 1.54) is 12.8 Å². The monoisotopic (exact) mass is 281 g/mol. The fraction of sp³-hybridized carbons (Fsp3) is 0.938. The van der Waals surface area contributed by atoms with Gasteiger partial charge in [-0.25, -0.2) is 0 Å². The average molecular weight is 281 g/mol. The second kappa shape index (κ2) is 6.44. The number of likely N-dealkylation sites (N-methyl/N-ethyl adjacent to an activating group) is 1. The van der Waals surface area contributed by atoms with Gasteiger partial charge in [-0.2, -0.15) is 0 Å². The van der Waals surface area contributed by atoms with Crippen LogP contribution in [0.15, 0.2) is 0 Å². The minimum Gasteiger partial charge on any atom is -0.340 e. The molecule has 2 atom stereocenters. The predicted octanol–water partition coefficient (Wildman–Crippen LogP) is 1.56. The minimum atomic E-state index is 0.101. The van der Waals surface area contributed by atoms with E-state index < -0.39 is 0 Å². The van der Waals surface area contributed by atoms with Crippen molar-refractivity contribution in [2.24, 2.45) is 11.8 Å². The Labute approximate surface area is 123 Å². The summed E-state index contributed by atoms with van der Waals surface area (Å²) in [4.78, 5) is 17.0. The van der Waals surface area contributed by atoms with Gasteiger partial charge in [0.15, 0.2) is 0 Å². The highest BCUT2D eigenvalue weighted by Gasteiger charge is 2.34. The lowest BCUT2D eigenvalue weighted by Gasteiger charge is -2.45. The van der Waals surface area contributed by atoms with Crippen LogP contribution >= 0.6 is 0 Å². The number of nitrogens with zero attached hydrogens (tertiary/aromatic N) is 2. The van der Waals surface area contributed by atoms with Crippen molar-refractivity contribution in [2.45, 2.75) is 45.6 Å². The SMILES string of the molecule is CC(CC(=O)N1CCN(C)C(C)(C)C1)C1CCCNC1. The van der Waals surface area contributed by atoms with Crippen LogP contribution in [0, 0.1) is 11.8 Å². The van der Waals surface area contributed by atoms with Crippen molar-refractivity contribution >= 4 is 5.91 Å². The summed E-state index contributed by atoms with van der Waals surface area (Å²) in [6.45, 7) is 11.6. The highest BCUT2D eigenvalue weighted by molar-refractivity contribution is 5.76. The summed E-state index contributed by atoms with van der Waals surface area (Å²) in [5, 5.41) is 3.46. The zero-order valence-electron chi connectivity index (χ0n) is 13.6. The Morgan fingerprint density at radius 3 is 2.75 bits per heavy atom. The molecule has 4 heteroatoms. The highest BCUT2D eigenvalue weighted by Crippen LogP contribution is 2.25. The normalized spacial score (nSPS) is 29.2. The van der Waals surface area contributed by atoms with Crippen molar-refractivity contribution in [3.05, 3.63) is 0 Å². The molecule has 0 aliphatic carbocycles. The first-order valence-corrected chi connectivity index (χ1v) is 8.10. The number of piperazine rings is 1. The van der Waals surface area contributed by atoms with Gasteiger partial charge in [0.2, 0.25) is 5.91 Å². The van der Waals surface area contributed by atoms with E-state index >= 15 is 0 Å². The van der Waals surface area contributed by atoms with Gasteiger partial charge in [0.05, 0.1) is 0 Å². The van der Waals surface area contributed by atoms with E-state index in [-0.39, 0.29) is 5.54 Å². The summed E-state index contributed by atoms with van der Waals surface area (Å²) >= 11 is 0. The molecule has 0 aromatic heterocycles. The lowest BCUT2D eigenvalue weighted by molar-refractivity contribution is -0.137. The Kier molecular flexibility index (Phi) is 5.08. The van der Waals surface area contributed by atoms with E-state index in [2.05, 4.69) is 42.9 Å². The number of hydrogen-bond donors (Lipinski definition) is 1. The van der Waals surface area contributed by atoms with Crippen LogP contribution in [0.3, 0.4) is 0 Å². The first-order valence-electron chi connectivity index (χ1n) is 8.10. The summed E-state index contributed by atoms with van der Waals surface area (Å²) in [5.74, 6) is 1.52. The molecule has 0 aromatic rings. The maximum Gasteiger partial charge on any atom is 0.222 e. The summed E-state index contributed by atoms with van der Waals surface area (Å²) < 4.78 is 0. The maximum absolute atomic E-state index is 12.5. The standard InChI is InChI=1S/C16H31N3O/c1-13(14-6-5-7-17-11-14)10-15(20)19-9-8-18(4)16(2,3)12-19/h13-14,17H,5-12H2,1-4H3. The molecule has 0 spiro atoms. The van der Waals surface area contributed by atoms with Crippen LogP contribution in [0.25, 0.3) is 0 Å². The molecule has 2 aliphatic heterocycles. The molecule has 2 rings (SSSR count). The van der Waals surface area contributed by atoms with Crippen LogP contribution in [0.2, 0.25) is 0 Å². The first kappa shape index (κ1) is 15.8.